The van der Waals surface area contributed by atoms with Crippen molar-refractivity contribution in [2.45, 2.75) is 44.8 Å². The Balaban J connectivity index is 3.08. The van der Waals surface area contributed by atoms with Gasteiger partial charge in [0.15, 0.2) is 5.03 Å². The zero-order chi connectivity index (χ0) is 14.8. The van der Waals surface area contributed by atoms with E-state index in [1.54, 1.807) is 24.6 Å². The highest BCUT2D eigenvalue weighted by Crippen LogP contribution is 2.21. The first-order valence-corrected chi connectivity index (χ1v) is 7.54. The first-order valence-electron chi connectivity index (χ1n) is 6.10. The average Bonchev–Trinajstić information content (AvgIpc) is 2.76. The van der Waals surface area contributed by atoms with Gasteiger partial charge in [-0.1, -0.05) is 19.8 Å². The van der Waals surface area contributed by atoms with Gasteiger partial charge in [0.05, 0.1) is 11.9 Å². The molecule has 0 N–H and O–H groups in total. The summed E-state index contributed by atoms with van der Waals surface area (Å²) in [5.74, 6) is 2.89. The first kappa shape index (κ1) is 15.7. The first-order chi connectivity index (χ1) is 8.61. The van der Waals surface area contributed by atoms with Crippen LogP contribution >= 0.6 is 0 Å². The summed E-state index contributed by atoms with van der Waals surface area (Å²) < 4.78 is 27.7. The van der Waals surface area contributed by atoms with Crippen molar-refractivity contribution in [2.24, 2.45) is 5.92 Å². The Hall–Kier alpha value is -1.32. The highest BCUT2D eigenvalue weighted by atomic mass is 32.2. The van der Waals surface area contributed by atoms with Crippen molar-refractivity contribution >= 4 is 10.0 Å². The molecule has 0 atom stereocenters. The Labute approximate surface area is 115 Å². The minimum Gasteiger partial charge on any atom is -0.336 e. The molecule has 0 aliphatic rings. The third-order valence-corrected chi connectivity index (χ3v) is 4.87. The number of hydrogen-bond acceptors (Lipinski definition) is 3. The van der Waals surface area contributed by atoms with Gasteiger partial charge in [0.2, 0.25) is 0 Å². The topological polar surface area (TPSA) is 55.2 Å². The van der Waals surface area contributed by atoms with Crippen molar-refractivity contribution in [1.82, 2.24) is 13.9 Å². The maximum absolute atomic E-state index is 12.4. The van der Waals surface area contributed by atoms with E-state index in [1.165, 1.54) is 17.7 Å². The minimum absolute atomic E-state index is 0.0268. The Kier molecular flexibility index (Phi) is 4.43. The van der Waals surface area contributed by atoms with E-state index in [0.717, 1.165) is 6.54 Å². The Morgan fingerprint density at radius 3 is 2.58 bits per heavy atom. The molecule has 1 rings (SSSR count). The quantitative estimate of drug-likeness (QED) is 0.771. The maximum Gasteiger partial charge on any atom is 0.263 e. The predicted molar refractivity (Wildman–Crippen MR) is 74.9 cm³/mol. The van der Waals surface area contributed by atoms with E-state index >= 15 is 0 Å². The van der Waals surface area contributed by atoms with Crippen LogP contribution in [0.25, 0.3) is 0 Å². The number of sulfonamides is 1. The summed E-state index contributed by atoms with van der Waals surface area (Å²) in [5.41, 5.74) is -0.888. The van der Waals surface area contributed by atoms with E-state index in [1.807, 2.05) is 0 Å². The Morgan fingerprint density at radius 1 is 1.53 bits per heavy atom. The standard InChI is InChI=1S/C13H21N3O2S/c1-7-13(4,5)15(6)19(17,18)12-9-16(10-14-12)8-11(2)3/h1,9-11H,8H2,2-6H3. The maximum atomic E-state index is 12.4. The van der Waals surface area contributed by atoms with Crippen LogP contribution in [0.1, 0.15) is 27.7 Å². The number of aromatic nitrogens is 2. The van der Waals surface area contributed by atoms with Gasteiger partial charge in [-0.25, -0.2) is 13.4 Å². The molecule has 106 valence electrons. The number of nitrogens with zero attached hydrogens (tertiary/aromatic N) is 3. The molecule has 0 saturated carbocycles. The van der Waals surface area contributed by atoms with Gasteiger partial charge in [-0.15, -0.1) is 6.42 Å². The van der Waals surface area contributed by atoms with Gasteiger partial charge in [0, 0.05) is 19.8 Å². The molecule has 0 fully saturated rings. The molecule has 0 bridgehead atoms. The Morgan fingerprint density at radius 2 is 2.11 bits per heavy atom. The highest BCUT2D eigenvalue weighted by molar-refractivity contribution is 7.89. The van der Waals surface area contributed by atoms with Crippen LogP contribution in [0.2, 0.25) is 0 Å². The van der Waals surface area contributed by atoms with E-state index in [4.69, 9.17) is 6.42 Å². The summed E-state index contributed by atoms with van der Waals surface area (Å²) in [7, 11) is -2.20. The van der Waals surface area contributed by atoms with Crippen molar-refractivity contribution in [3.8, 4) is 12.3 Å². The number of rotatable bonds is 5. The van der Waals surface area contributed by atoms with Crippen LogP contribution in [0.3, 0.4) is 0 Å². The summed E-state index contributed by atoms with van der Waals surface area (Å²) in [5, 5.41) is 0.0268. The second kappa shape index (κ2) is 5.35. The summed E-state index contributed by atoms with van der Waals surface area (Å²) in [6.45, 7) is 8.19. The number of hydrogen-bond donors (Lipinski definition) is 0. The molecule has 6 heteroatoms. The third-order valence-electron chi connectivity index (χ3n) is 2.95. The lowest BCUT2D eigenvalue weighted by atomic mass is 10.1. The van der Waals surface area contributed by atoms with E-state index in [9.17, 15) is 8.42 Å². The molecule has 0 amide bonds. The van der Waals surface area contributed by atoms with E-state index in [2.05, 4.69) is 24.8 Å². The van der Waals surface area contributed by atoms with Crippen LogP contribution in [-0.2, 0) is 16.6 Å². The minimum atomic E-state index is -3.66. The van der Waals surface area contributed by atoms with Gasteiger partial charge >= 0.3 is 0 Å². The molecule has 1 heterocycles. The third kappa shape index (κ3) is 3.37. The molecule has 0 aliphatic carbocycles. The molecule has 0 saturated heterocycles. The molecule has 0 unspecified atom stereocenters. The van der Waals surface area contributed by atoms with Crippen molar-refractivity contribution in [3.05, 3.63) is 12.5 Å². The van der Waals surface area contributed by atoms with Crippen LogP contribution in [0.15, 0.2) is 17.6 Å². The van der Waals surface area contributed by atoms with Crippen LogP contribution in [0.4, 0.5) is 0 Å². The fourth-order valence-electron chi connectivity index (χ4n) is 1.53. The lowest BCUT2D eigenvalue weighted by molar-refractivity contribution is 0.339. The molecule has 1 aromatic rings. The largest absolute Gasteiger partial charge is 0.336 e. The SMILES string of the molecule is C#CC(C)(C)N(C)S(=O)(=O)c1cn(CC(C)C)cn1. The lowest BCUT2D eigenvalue weighted by Gasteiger charge is -2.28. The smallest absolute Gasteiger partial charge is 0.263 e. The number of imidazole rings is 1. The summed E-state index contributed by atoms with van der Waals surface area (Å²) in [6.07, 6.45) is 8.44. The average molecular weight is 283 g/mol. The summed E-state index contributed by atoms with van der Waals surface area (Å²) >= 11 is 0. The predicted octanol–water partition coefficient (Wildman–Crippen LogP) is 1.57. The second-order valence-corrected chi connectivity index (χ2v) is 7.39. The van der Waals surface area contributed by atoms with Crippen LogP contribution < -0.4 is 0 Å². The van der Waals surface area contributed by atoms with Gasteiger partial charge in [-0.3, -0.25) is 0 Å². The van der Waals surface area contributed by atoms with Crippen molar-refractivity contribution in [2.75, 3.05) is 7.05 Å². The lowest BCUT2D eigenvalue weighted by Crippen LogP contribution is -2.43. The molecular formula is C13H21N3O2S. The van der Waals surface area contributed by atoms with Gasteiger partial charge in [0.1, 0.15) is 0 Å². The van der Waals surface area contributed by atoms with Crippen LogP contribution in [0.5, 0.6) is 0 Å². The van der Waals surface area contributed by atoms with Gasteiger partial charge < -0.3 is 4.57 Å². The van der Waals surface area contributed by atoms with Crippen molar-refractivity contribution in [1.29, 1.82) is 0 Å². The fourth-order valence-corrected chi connectivity index (χ4v) is 2.91. The monoisotopic (exact) mass is 283 g/mol. The summed E-state index contributed by atoms with van der Waals surface area (Å²) in [4.78, 5) is 3.97. The molecule has 0 radical (unpaired) electrons. The van der Waals surface area contributed by atoms with Crippen LogP contribution in [-0.4, -0.2) is 34.9 Å². The summed E-state index contributed by atoms with van der Waals surface area (Å²) in [6, 6.07) is 0. The second-order valence-electron chi connectivity index (χ2n) is 5.48. The van der Waals surface area contributed by atoms with Gasteiger partial charge in [-0.05, 0) is 19.8 Å². The molecule has 19 heavy (non-hydrogen) atoms. The molecule has 5 nitrogen and oxygen atoms in total. The Bertz CT molecular complexity index is 579. The van der Waals surface area contributed by atoms with E-state index < -0.39 is 15.6 Å². The van der Waals surface area contributed by atoms with Gasteiger partial charge in [-0.2, -0.15) is 4.31 Å². The van der Waals surface area contributed by atoms with Crippen molar-refractivity contribution < 1.29 is 8.42 Å². The normalized spacial score (nSPS) is 12.9. The number of terminal acetylenes is 1. The van der Waals surface area contributed by atoms with E-state index in [-0.39, 0.29) is 5.03 Å². The van der Waals surface area contributed by atoms with Crippen molar-refractivity contribution in [3.63, 3.8) is 0 Å². The fraction of sp³-hybridized carbons (Fsp3) is 0.615. The van der Waals surface area contributed by atoms with Gasteiger partial charge in [0.25, 0.3) is 10.0 Å². The highest BCUT2D eigenvalue weighted by Gasteiger charge is 2.34. The van der Waals surface area contributed by atoms with E-state index in [0.29, 0.717) is 5.92 Å². The van der Waals surface area contributed by atoms with Crippen LogP contribution in [0, 0.1) is 18.3 Å². The molecular weight excluding hydrogens is 262 g/mol. The zero-order valence-corrected chi connectivity index (χ0v) is 12.9. The molecule has 1 aromatic heterocycles. The molecule has 0 aliphatic heterocycles. The molecule has 0 spiro atoms. The zero-order valence-electron chi connectivity index (χ0n) is 12.1. The molecule has 0 aromatic carbocycles.